The van der Waals surface area contributed by atoms with E-state index in [0.29, 0.717) is 25.4 Å². The van der Waals surface area contributed by atoms with Crippen LogP contribution in [0.4, 0.5) is 0 Å². The van der Waals surface area contributed by atoms with Gasteiger partial charge in [0.2, 0.25) is 0 Å². The maximum absolute atomic E-state index is 11.3. The maximum atomic E-state index is 11.3. The third kappa shape index (κ3) is 6.78. The van der Waals surface area contributed by atoms with Crippen molar-refractivity contribution in [3.8, 4) is 0 Å². The van der Waals surface area contributed by atoms with Gasteiger partial charge in [-0.15, -0.1) is 0 Å². The Kier molecular flexibility index (Phi) is 6.37. The molecule has 3 nitrogen and oxygen atoms in total. The number of carbonyl (C=O) groups excluding carboxylic acids is 2. The van der Waals surface area contributed by atoms with Gasteiger partial charge in [-0.05, 0) is 0 Å². The monoisotopic (exact) mass is 199 g/mol. The predicted molar refractivity (Wildman–Crippen MR) is 57.2 cm³/mol. The van der Waals surface area contributed by atoms with Crippen molar-refractivity contribution in [2.45, 2.75) is 46.6 Å². The largest absolute Gasteiger partial charge is 0.308 e. The molecule has 0 aromatic carbocycles. The van der Waals surface area contributed by atoms with Crippen LogP contribution < -0.4 is 5.32 Å². The van der Waals surface area contributed by atoms with E-state index in [4.69, 9.17) is 0 Å². The summed E-state index contributed by atoms with van der Waals surface area (Å²) in [7, 11) is 0. The van der Waals surface area contributed by atoms with Gasteiger partial charge in [0, 0.05) is 24.8 Å². The van der Waals surface area contributed by atoms with Crippen molar-refractivity contribution in [1.29, 1.82) is 0 Å². The van der Waals surface area contributed by atoms with E-state index < -0.39 is 0 Å². The van der Waals surface area contributed by atoms with Gasteiger partial charge in [-0.1, -0.05) is 27.7 Å². The Hall–Kier alpha value is -0.700. The molecule has 0 aliphatic heterocycles. The third-order valence-electron chi connectivity index (χ3n) is 2.00. The number of hydrogen-bond donors (Lipinski definition) is 1. The lowest BCUT2D eigenvalue weighted by molar-refractivity contribution is -0.125. The van der Waals surface area contributed by atoms with Crippen LogP contribution in [0.15, 0.2) is 0 Å². The van der Waals surface area contributed by atoms with Crippen molar-refractivity contribution >= 4 is 11.6 Å². The summed E-state index contributed by atoms with van der Waals surface area (Å²) in [5.74, 6) is 0.330. The van der Waals surface area contributed by atoms with E-state index in [9.17, 15) is 9.59 Å². The summed E-state index contributed by atoms with van der Waals surface area (Å²) in [6, 6.07) is 0.319. The number of ketones is 2. The van der Waals surface area contributed by atoms with E-state index >= 15 is 0 Å². The zero-order chi connectivity index (χ0) is 11.1. The average Bonchev–Trinajstić information content (AvgIpc) is 2.10. The SMILES string of the molecule is CC(C)NCC(=O)CCC(=O)C(C)C. The van der Waals surface area contributed by atoms with Crippen LogP contribution in [0.25, 0.3) is 0 Å². The van der Waals surface area contributed by atoms with Crippen LogP contribution in [0.3, 0.4) is 0 Å². The fourth-order valence-electron chi connectivity index (χ4n) is 0.958. The molecule has 0 radical (unpaired) electrons. The van der Waals surface area contributed by atoms with Crippen LogP contribution in [0.1, 0.15) is 40.5 Å². The Morgan fingerprint density at radius 1 is 1.07 bits per heavy atom. The minimum absolute atomic E-state index is 0.0425. The molecule has 0 rings (SSSR count). The summed E-state index contributed by atoms with van der Waals surface area (Å²) in [4.78, 5) is 22.5. The van der Waals surface area contributed by atoms with Crippen LogP contribution in [-0.2, 0) is 9.59 Å². The van der Waals surface area contributed by atoms with Crippen LogP contribution >= 0.6 is 0 Å². The lowest BCUT2D eigenvalue weighted by Gasteiger charge is -2.07. The predicted octanol–water partition coefficient (Wildman–Crippen LogP) is 1.56. The van der Waals surface area contributed by atoms with E-state index in [1.54, 1.807) is 0 Å². The number of Topliss-reactive ketones (excluding diaryl/α,β-unsaturated/α-hetero) is 2. The second kappa shape index (κ2) is 6.71. The van der Waals surface area contributed by atoms with E-state index in [2.05, 4.69) is 5.32 Å². The smallest absolute Gasteiger partial charge is 0.147 e. The highest BCUT2D eigenvalue weighted by Crippen LogP contribution is 2.01. The highest BCUT2D eigenvalue weighted by molar-refractivity contribution is 5.87. The second-order valence-electron chi connectivity index (χ2n) is 4.20. The van der Waals surface area contributed by atoms with Gasteiger partial charge in [-0.3, -0.25) is 9.59 Å². The summed E-state index contributed by atoms with van der Waals surface area (Å²) in [6.07, 6.45) is 0.757. The van der Waals surface area contributed by atoms with E-state index in [1.807, 2.05) is 27.7 Å². The molecule has 0 aliphatic carbocycles. The molecule has 1 N–H and O–H groups in total. The fourth-order valence-corrected chi connectivity index (χ4v) is 0.958. The van der Waals surface area contributed by atoms with Crippen molar-refractivity contribution in [2.75, 3.05) is 6.54 Å². The van der Waals surface area contributed by atoms with Crippen LogP contribution in [0.5, 0.6) is 0 Å². The van der Waals surface area contributed by atoms with Crippen LogP contribution in [0.2, 0.25) is 0 Å². The zero-order valence-corrected chi connectivity index (χ0v) is 9.59. The van der Waals surface area contributed by atoms with Crippen molar-refractivity contribution < 1.29 is 9.59 Å². The Balaban J connectivity index is 3.59. The lowest BCUT2D eigenvalue weighted by Crippen LogP contribution is -2.29. The first-order chi connectivity index (χ1) is 6.43. The van der Waals surface area contributed by atoms with Gasteiger partial charge in [0.15, 0.2) is 0 Å². The van der Waals surface area contributed by atoms with Crippen LogP contribution in [0, 0.1) is 5.92 Å². The molecule has 0 unspecified atom stereocenters. The van der Waals surface area contributed by atoms with Gasteiger partial charge in [0.25, 0.3) is 0 Å². The normalized spacial score (nSPS) is 11.0. The molecular weight excluding hydrogens is 178 g/mol. The summed E-state index contributed by atoms with van der Waals surface area (Å²) in [5.41, 5.74) is 0. The van der Waals surface area contributed by atoms with Crippen LogP contribution in [-0.4, -0.2) is 24.2 Å². The third-order valence-corrected chi connectivity index (χ3v) is 2.00. The second-order valence-corrected chi connectivity index (χ2v) is 4.20. The summed E-state index contributed by atoms with van der Waals surface area (Å²) < 4.78 is 0. The molecule has 0 fully saturated rings. The number of carbonyl (C=O) groups is 2. The summed E-state index contributed by atoms with van der Waals surface area (Å²) in [5, 5.41) is 3.04. The molecule has 0 atom stereocenters. The van der Waals surface area contributed by atoms with Gasteiger partial charge < -0.3 is 5.32 Å². The first-order valence-electron chi connectivity index (χ1n) is 5.21. The van der Waals surface area contributed by atoms with Gasteiger partial charge in [-0.2, -0.15) is 0 Å². The van der Waals surface area contributed by atoms with Crippen molar-refractivity contribution in [1.82, 2.24) is 5.32 Å². The average molecular weight is 199 g/mol. The molecule has 0 saturated heterocycles. The maximum Gasteiger partial charge on any atom is 0.147 e. The van der Waals surface area contributed by atoms with E-state index in [1.165, 1.54) is 0 Å². The molecule has 0 aliphatic rings. The highest BCUT2D eigenvalue weighted by atomic mass is 16.1. The van der Waals surface area contributed by atoms with Crippen molar-refractivity contribution in [2.24, 2.45) is 5.92 Å². The molecule has 0 aromatic rings. The molecule has 0 heterocycles. The topological polar surface area (TPSA) is 46.2 Å². The molecule has 0 saturated carbocycles. The number of nitrogens with one attached hydrogen (secondary N) is 1. The number of rotatable bonds is 7. The molecule has 0 spiro atoms. The van der Waals surface area contributed by atoms with Gasteiger partial charge in [0.05, 0.1) is 6.54 Å². The van der Waals surface area contributed by atoms with E-state index in [-0.39, 0.29) is 17.5 Å². The fraction of sp³-hybridized carbons (Fsp3) is 0.818. The molecule has 0 aromatic heterocycles. The zero-order valence-electron chi connectivity index (χ0n) is 9.59. The molecule has 14 heavy (non-hydrogen) atoms. The Bertz CT molecular complexity index is 197. The van der Waals surface area contributed by atoms with Crippen molar-refractivity contribution in [3.05, 3.63) is 0 Å². The Labute approximate surface area is 86.3 Å². The first kappa shape index (κ1) is 13.3. The van der Waals surface area contributed by atoms with Gasteiger partial charge >= 0.3 is 0 Å². The Morgan fingerprint density at radius 3 is 2.07 bits per heavy atom. The molecule has 0 amide bonds. The molecule has 82 valence electrons. The Morgan fingerprint density at radius 2 is 1.64 bits per heavy atom. The quantitative estimate of drug-likeness (QED) is 0.677. The van der Waals surface area contributed by atoms with Gasteiger partial charge in [-0.25, -0.2) is 0 Å². The summed E-state index contributed by atoms with van der Waals surface area (Å²) >= 11 is 0. The highest BCUT2D eigenvalue weighted by Gasteiger charge is 2.10. The molecular formula is C11H21NO2. The molecule has 3 heteroatoms. The van der Waals surface area contributed by atoms with Gasteiger partial charge in [0.1, 0.15) is 11.6 Å². The summed E-state index contributed by atoms with van der Waals surface area (Å²) in [6.45, 7) is 8.08. The standard InChI is InChI=1S/C11H21NO2/c1-8(2)11(14)6-5-10(13)7-12-9(3)4/h8-9,12H,5-7H2,1-4H3. The lowest BCUT2D eigenvalue weighted by atomic mass is 10.0. The number of hydrogen-bond acceptors (Lipinski definition) is 3. The van der Waals surface area contributed by atoms with E-state index in [0.717, 1.165) is 0 Å². The minimum atomic E-state index is 0.0425. The first-order valence-corrected chi connectivity index (χ1v) is 5.21. The van der Waals surface area contributed by atoms with Crippen molar-refractivity contribution in [3.63, 3.8) is 0 Å². The molecule has 0 bridgehead atoms. The minimum Gasteiger partial charge on any atom is -0.308 e.